The number of benzene rings is 1. The normalized spacial score (nSPS) is 10.2. The van der Waals surface area contributed by atoms with Gasteiger partial charge in [-0.1, -0.05) is 6.07 Å². The Balaban J connectivity index is 2.72. The summed E-state index contributed by atoms with van der Waals surface area (Å²) in [5.74, 6) is -0.970. The Bertz CT molecular complexity index is 339. The van der Waals surface area contributed by atoms with Crippen LogP contribution in [0.4, 0.5) is 8.78 Å². The van der Waals surface area contributed by atoms with Crippen molar-refractivity contribution in [2.75, 3.05) is 12.0 Å². The maximum atomic E-state index is 13.1. The monoisotopic (exact) mass is 216 g/mol. The minimum atomic E-state index is -0.653. The molecule has 1 nitrogen and oxygen atoms in total. The Kier molecular flexibility index (Phi) is 4.07. The van der Waals surface area contributed by atoms with Crippen LogP contribution in [0.25, 0.3) is 0 Å². The van der Waals surface area contributed by atoms with Gasteiger partial charge in [-0.25, -0.2) is 8.78 Å². The number of hydrogen-bond acceptors (Lipinski definition) is 2. The molecule has 0 spiro atoms. The summed E-state index contributed by atoms with van der Waals surface area (Å²) < 4.78 is 25.6. The highest BCUT2D eigenvalue weighted by Crippen LogP contribution is 2.11. The molecule has 1 aromatic carbocycles. The second kappa shape index (κ2) is 5.10. The van der Waals surface area contributed by atoms with Gasteiger partial charge in [0.25, 0.3) is 0 Å². The first-order chi connectivity index (χ1) is 6.63. The van der Waals surface area contributed by atoms with Gasteiger partial charge < -0.3 is 0 Å². The predicted molar refractivity (Wildman–Crippen MR) is 53.5 cm³/mol. The number of halogens is 2. The van der Waals surface area contributed by atoms with E-state index in [1.165, 1.54) is 17.8 Å². The maximum Gasteiger partial charge on any atom is 0.147 e. The molecule has 1 aromatic rings. The molecule has 1 rings (SSSR count). The van der Waals surface area contributed by atoms with Crippen molar-refractivity contribution in [1.82, 2.24) is 0 Å². The van der Waals surface area contributed by atoms with Gasteiger partial charge in [0.05, 0.1) is 5.75 Å². The lowest BCUT2D eigenvalue weighted by molar-refractivity contribution is -0.116. The van der Waals surface area contributed by atoms with Gasteiger partial charge in [0.1, 0.15) is 17.4 Å². The molecule has 0 bridgehead atoms. The van der Waals surface area contributed by atoms with Crippen molar-refractivity contribution < 1.29 is 13.6 Å². The van der Waals surface area contributed by atoms with Gasteiger partial charge >= 0.3 is 0 Å². The molecular weight excluding hydrogens is 206 g/mol. The number of carbonyl (C=O) groups excluding carboxylic acids is 1. The fourth-order valence-corrected chi connectivity index (χ4v) is 1.51. The molecule has 0 amide bonds. The van der Waals surface area contributed by atoms with E-state index in [0.717, 1.165) is 12.1 Å². The predicted octanol–water partition coefficient (Wildman–Crippen LogP) is 2.44. The highest BCUT2D eigenvalue weighted by atomic mass is 32.2. The molecule has 0 aliphatic rings. The number of Topliss-reactive ketones (excluding diaryl/α,β-unsaturated/α-hetero) is 1. The highest BCUT2D eigenvalue weighted by Gasteiger charge is 2.08. The van der Waals surface area contributed by atoms with E-state index in [9.17, 15) is 13.6 Å². The number of hydrogen-bond donors (Lipinski definition) is 0. The van der Waals surface area contributed by atoms with Gasteiger partial charge in [0.2, 0.25) is 0 Å². The molecule has 76 valence electrons. The van der Waals surface area contributed by atoms with Crippen LogP contribution in [-0.4, -0.2) is 17.8 Å². The molecule has 0 fully saturated rings. The van der Waals surface area contributed by atoms with E-state index in [1.807, 2.05) is 0 Å². The zero-order valence-electron chi connectivity index (χ0n) is 7.72. The van der Waals surface area contributed by atoms with Crippen molar-refractivity contribution in [3.8, 4) is 0 Å². The van der Waals surface area contributed by atoms with Crippen molar-refractivity contribution in [3.05, 3.63) is 35.4 Å². The van der Waals surface area contributed by atoms with Crippen molar-refractivity contribution in [2.45, 2.75) is 6.42 Å². The Hall–Kier alpha value is -0.900. The summed E-state index contributed by atoms with van der Waals surface area (Å²) in [6.45, 7) is 0. The molecule has 0 atom stereocenters. The fraction of sp³-hybridized carbons (Fsp3) is 0.300. The van der Waals surface area contributed by atoms with Crippen molar-refractivity contribution in [3.63, 3.8) is 0 Å². The number of carbonyl (C=O) groups is 1. The standard InChI is InChI=1S/C10H10F2OS/c1-14-6-9(13)4-7-2-3-8(11)5-10(7)12/h2-3,5H,4,6H2,1H3. The lowest BCUT2D eigenvalue weighted by Gasteiger charge is -2.01. The number of rotatable bonds is 4. The Labute approximate surface area is 85.5 Å². The Morgan fingerprint density at radius 1 is 1.43 bits per heavy atom. The van der Waals surface area contributed by atoms with E-state index in [-0.39, 0.29) is 17.8 Å². The molecular formula is C10H10F2OS. The smallest absolute Gasteiger partial charge is 0.147 e. The minimum absolute atomic E-state index is 0.0347. The van der Waals surface area contributed by atoms with Crippen LogP contribution in [0.3, 0.4) is 0 Å². The largest absolute Gasteiger partial charge is 0.298 e. The van der Waals surface area contributed by atoms with Gasteiger partial charge in [-0.2, -0.15) is 11.8 Å². The van der Waals surface area contributed by atoms with Crippen LogP contribution in [0, 0.1) is 11.6 Å². The zero-order valence-corrected chi connectivity index (χ0v) is 8.54. The molecule has 0 unspecified atom stereocenters. The highest BCUT2D eigenvalue weighted by molar-refractivity contribution is 7.99. The summed E-state index contributed by atoms with van der Waals surface area (Å²) in [5.41, 5.74) is 0.255. The van der Waals surface area contributed by atoms with Crippen LogP contribution in [0.1, 0.15) is 5.56 Å². The molecule has 0 aromatic heterocycles. The molecule has 14 heavy (non-hydrogen) atoms. The van der Waals surface area contributed by atoms with Crippen LogP contribution in [0.15, 0.2) is 18.2 Å². The fourth-order valence-electron chi connectivity index (χ4n) is 1.09. The third-order valence-electron chi connectivity index (χ3n) is 1.71. The Morgan fingerprint density at radius 2 is 2.14 bits per heavy atom. The summed E-state index contributed by atoms with van der Waals surface area (Å²) >= 11 is 1.39. The second-order valence-electron chi connectivity index (χ2n) is 2.88. The second-order valence-corrected chi connectivity index (χ2v) is 3.75. The van der Waals surface area contributed by atoms with Crippen molar-refractivity contribution in [1.29, 1.82) is 0 Å². The van der Waals surface area contributed by atoms with Crippen molar-refractivity contribution in [2.24, 2.45) is 0 Å². The lowest BCUT2D eigenvalue weighted by atomic mass is 10.1. The lowest BCUT2D eigenvalue weighted by Crippen LogP contribution is -2.07. The molecule has 0 radical (unpaired) electrons. The quantitative estimate of drug-likeness (QED) is 0.769. The topological polar surface area (TPSA) is 17.1 Å². The Morgan fingerprint density at radius 3 is 2.71 bits per heavy atom. The van der Waals surface area contributed by atoms with E-state index in [2.05, 4.69) is 0 Å². The molecule has 0 saturated heterocycles. The zero-order chi connectivity index (χ0) is 10.6. The number of ketones is 1. The van der Waals surface area contributed by atoms with E-state index < -0.39 is 11.6 Å². The van der Waals surface area contributed by atoms with Gasteiger partial charge in [-0.15, -0.1) is 0 Å². The van der Waals surface area contributed by atoms with Crippen LogP contribution in [0.5, 0.6) is 0 Å². The number of thioether (sulfide) groups is 1. The van der Waals surface area contributed by atoms with E-state index in [0.29, 0.717) is 5.75 Å². The molecule has 0 heterocycles. The third kappa shape index (κ3) is 3.10. The van der Waals surface area contributed by atoms with E-state index in [4.69, 9.17) is 0 Å². The summed E-state index contributed by atoms with van der Waals surface area (Å²) in [6.07, 6.45) is 1.84. The average Bonchev–Trinajstić information content (AvgIpc) is 2.10. The summed E-state index contributed by atoms with van der Waals surface area (Å²) in [4.78, 5) is 11.2. The van der Waals surface area contributed by atoms with Crippen molar-refractivity contribution >= 4 is 17.5 Å². The maximum absolute atomic E-state index is 13.1. The van der Waals surface area contributed by atoms with Gasteiger partial charge in [-0.3, -0.25) is 4.79 Å². The van der Waals surface area contributed by atoms with Gasteiger partial charge in [0, 0.05) is 12.5 Å². The van der Waals surface area contributed by atoms with Gasteiger partial charge in [-0.05, 0) is 17.9 Å². The summed E-state index contributed by atoms with van der Waals surface area (Å²) in [7, 11) is 0. The van der Waals surface area contributed by atoms with Crippen LogP contribution >= 0.6 is 11.8 Å². The summed E-state index contributed by atoms with van der Waals surface area (Å²) in [6, 6.07) is 3.26. The first-order valence-electron chi connectivity index (χ1n) is 4.08. The third-order valence-corrected chi connectivity index (χ3v) is 2.32. The van der Waals surface area contributed by atoms with Gasteiger partial charge in [0.15, 0.2) is 0 Å². The van der Waals surface area contributed by atoms with E-state index >= 15 is 0 Å². The molecule has 4 heteroatoms. The molecule has 0 aliphatic heterocycles. The SMILES string of the molecule is CSCC(=O)Cc1ccc(F)cc1F. The minimum Gasteiger partial charge on any atom is -0.298 e. The van der Waals surface area contributed by atoms with Crippen LogP contribution < -0.4 is 0 Å². The van der Waals surface area contributed by atoms with Crippen LogP contribution in [0.2, 0.25) is 0 Å². The average molecular weight is 216 g/mol. The molecule has 0 aliphatic carbocycles. The first kappa shape index (κ1) is 11.2. The molecule has 0 saturated carbocycles. The van der Waals surface area contributed by atoms with E-state index in [1.54, 1.807) is 6.26 Å². The molecule has 0 N–H and O–H groups in total. The first-order valence-corrected chi connectivity index (χ1v) is 5.47. The summed E-state index contributed by atoms with van der Waals surface area (Å²) in [5, 5.41) is 0. The van der Waals surface area contributed by atoms with Crippen LogP contribution in [-0.2, 0) is 11.2 Å².